The molecule has 1 saturated heterocycles. The Hall–Kier alpha value is -2.86. The predicted octanol–water partition coefficient (Wildman–Crippen LogP) is 2.66. The number of methoxy groups -OCH3 is 1. The highest BCUT2D eigenvalue weighted by atomic mass is 16.5. The number of carbonyl (C=O) groups excluding carboxylic acids is 1. The quantitative estimate of drug-likeness (QED) is 0.772. The first kappa shape index (κ1) is 17.5. The van der Waals surface area contributed by atoms with Crippen LogP contribution < -0.4 is 10.5 Å². The number of aromatic nitrogens is 2. The summed E-state index contributed by atoms with van der Waals surface area (Å²) in [6, 6.07) is 12.0. The molecule has 2 N–H and O–H groups in total. The van der Waals surface area contributed by atoms with Crippen molar-refractivity contribution < 1.29 is 9.53 Å². The average Bonchev–Trinajstić information content (AvgIpc) is 3.11. The second-order valence-electron chi connectivity index (χ2n) is 6.99. The van der Waals surface area contributed by atoms with Gasteiger partial charge >= 0.3 is 0 Å². The van der Waals surface area contributed by atoms with Crippen LogP contribution in [0.3, 0.4) is 0 Å². The molecule has 27 heavy (non-hydrogen) atoms. The summed E-state index contributed by atoms with van der Waals surface area (Å²) < 4.78 is 7.34. The summed E-state index contributed by atoms with van der Waals surface area (Å²) >= 11 is 0. The molecule has 3 heterocycles. The van der Waals surface area contributed by atoms with Crippen LogP contribution in [-0.2, 0) is 11.3 Å². The summed E-state index contributed by atoms with van der Waals surface area (Å²) in [6.07, 6.45) is 5.50. The summed E-state index contributed by atoms with van der Waals surface area (Å²) in [7, 11) is 1.65. The van der Waals surface area contributed by atoms with Crippen LogP contribution in [0.15, 0.2) is 48.8 Å². The van der Waals surface area contributed by atoms with Gasteiger partial charge in [0, 0.05) is 42.5 Å². The molecule has 6 heteroatoms. The molecule has 1 aliphatic rings. The van der Waals surface area contributed by atoms with Gasteiger partial charge in [-0.3, -0.25) is 9.78 Å². The second-order valence-corrected chi connectivity index (χ2v) is 6.99. The van der Waals surface area contributed by atoms with Gasteiger partial charge in [-0.25, -0.2) is 0 Å². The molecule has 1 aromatic carbocycles. The summed E-state index contributed by atoms with van der Waals surface area (Å²) in [5, 5.41) is 1.07. The number of nitrogens with two attached hydrogens (primary N) is 1. The number of piperidine rings is 1. The van der Waals surface area contributed by atoms with Gasteiger partial charge in [-0.05, 0) is 37.1 Å². The summed E-state index contributed by atoms with van der Waals surface area (Å²) in [6.45, 7) is 1.78. The van der Waals surface area contributed by atoms with Crippen molar-refractivity contribution in [3.05, 3.63) is 48.8 Å². The highest BCUT2D eigenvalue weighted by Crippen LogP contribution is 2.29. The highest BCUT2D eigenvalue weighted by molar-refractivity contribution is 5.93. The first-order valence-corrected chi connectivity index (χ1v) is 9.27. The molecular formula is C21H24N4O2. The van der Waals surface area contributed by atoms with E-state index in [4.69, 9.17) is 10.5 Å². The lowest BCUT2D eigenvalue weighted by molar-refractivity contribution is -0.132. The first-order chi connectivity index (χ1) is 13.2. The Morgan fingerprint density at radius 1 is 1.26 bits per heavy atom. The topological polar surface area (TPSA) is 73.4 Å². The van der Waals surface area contributed by atoms with Gasteiger partial charge in [0.1, 0.15) is 12.3 Å². The van der Waals surface area contributed by atoms with E-state index >= 15 is 0 Å². The number of hydrogen-bond donors (Lipinski definition) is 1. The number of likely N-dealkylation sites (tertiary alicyclic amines) is 1. The Balaban J connectivity index is 1.67. The Labute approximate surface area is 158 Å². The normalized spacial score (nSPS) is 15.3. The molecule has 4 rings (SSSR count). The Morgan fingerprint density at radius 2 is 2.07 bits per heavy atom. The van der Waals surface area contributed by atoms with E-state index in [1.165, 1.54) is 0 Å². The van der Waals surface area contributed by atoms with Gasteiger partial charge in [-0.15, -0.1) is 0 Å². The summed E-state index contributed by atoms with van der Waals surface area (Å²) in [5.41, 5.74) is 8.74. The molecule has 2 aromatic heterocycles. The van der Waals surface area contributed by atoms with E-state index in [0.29, 0.717) is 6.54 Å². The molecule has 0 saturated carbocycles. The van der Waals surface area contributed by atoms with Crippen molar-refractivity contribution in [3.63, 3.8) is 0 Å². The van der Waals surface area contributed by atoms with E-state index in [2.05, 4.69) is 4.98 Å². The molecule has 0 spiro atoms. The van der Waals surface area contributed by atoms with Gasteiger partial charge in [0.25, 0.3) is 0 Å². The minimum atomic E-state index is 0.125. The molecular weight excluding hydrogens is 340 g/mol. The van der Waals surface area contributed by atoms with Crippen LogP contribution in [0.25, 0.3) is 22.2 Å². The third-order valence-electron chi connectivity index (χ3n) is 5.22. The molecule has 3 aromatic rings. The molecule has 1 amide bonds. The third-order valence-corrected chi connectivity index (χ3v) is 5.22. The van der Waals surface area contributed by atoms with Crippen molar-refractivity contribution in [2.45, 2.75) is 25.4 Å². The molecule has 1 aliphatic heterocycles. The molecule has 0 radical (unpaired) electrons. The number of rotatable bonds is 4. The number of nitrogens with zero attached hydrogens (tertiary/aromatic N) is 3. The van der Waals surface area contributed by atoms with Gasteiger partial charge in [-0.2, -0.15) is 0 Å². The number of pyridine rings is 1. The lowest BCUT2D eigenvalue weighted by Gasteiger charge is -2.30. The third kappa shape index (κ3) is 3.53. The van der Waals surface area contributed by atoms with Crippen molar-refractivity contribution in [1.82, 2.24) is 14.5 Å². The van der Waals surface area contributed by atoms with Gasteiger partial charge in [-0.1, -0.05) is 12.1 Å². The second kappa shape index (κ2) is 7.40. The fraction of sp³-hybridized carbons (Fsp3) is 0.333. The van der Waals surface area contributed by atoms with Crippen LogP contribution in [0.1, 0.15) is 12.8 Å². The van der Waals surface area contributed by atoms with Crippen LogP contribution in [-0.4, -0.2) is 46.6 Å². The number of fused-ring (bicyclic) bond motifs is 1. The van der Waals surface area contributed by atoms with E-state index in [1.807, 2.05) is 52.1 Å². The molecule has 1 fully saturated rings. The van der Waals surface area contributed by atoms with E-state index in [1.54, 1.807) is 13.3 Å². The number of amides is 1. The molecule has 6 nitrogen and oxygen atoms in total. The van der Waals surface area contributed by atoms with Crippen LogP contribution in [0, 0.1) is 0 Å². The molecule has 0 bridgehead atoms. The van der Waals surface area contributed by atoms with Crippen LogP contribution in [0.4, 0.5) is 0 Å². The number of benzene rings is 1. The van der Waals surface area contributed by atoms with E-state index in [-0.39, 0.29) is 11.9 Å². The smallest absolute Gasteiger partial charge is 0.242 e. The SMILES string of the molecule is COc1cccc(-c2nccc3ccn(CC(=O)N4CCC(N)CC4)c23)c1. The van der Waals surface area contributed by atoms with Gasteiger partial charge in [0.2, 0.25) is 5.91 Å². The number of hydrogen-bond acceptors (Lipinski definition) is 4. The zero-order chi connectivity index (χ0) is 18.8. The number of carbonyl (C=O) groups is 1. The fourth-order valence-corrected chi connectivity index (χ4v) is 3.66. The standard InChI is InChI=1S/C21H24N4O2/c1-27-18-4-2-3-16(13-18)20-21-15(5-9-23-20)6-10-25(21)14-19(26)24-11-7-17(22)8-12-24/h2-6,9-10,13,17H,7-8,11-12,14,22H2,1H3. The van der Waals surface area contributed by atoms with E-state index in [0.717, 1.165) is 53.8 Å². The van der Waals surface area contributed by atoms with Crippen molar-refractivity contribution in [1.29, 1.82) is 0 Å². The van der Waals surface area contributed by atoms with Crippen molar-refractivity contribution in [2.24, 2.45) is 5.73 Å². The Kier molecular flexibility index (Phi) is 4.81. The first-order valence-electron chi connectivity index (χ1n) is 9.27. The zero-order valence-corrected chi connectivity index (χ0v) is 15.5. The molecule has 0 atom stereocenters. The van der Waals surface area contributed by atoms with E-state index in [9.17, 15) is 4.79 Å². The Bertz CT molecular complexity index is 958. The maximum absolute atomic E-state index is 12.8. The van der Waals surface area contributed by atoms with Crippen molar-refractivity contribution in [3.8, 4) is 17.0 Å². The van der Waals surface area contributed by atoms with E-state index < -0.39 is 0 Å². The average molecular weight is 364 g/mol. The zero-order valence-electron chi connectivity index (χ0n) is 15.5. The largest absolute Gasteiger partial charge is 0.497 e. The monoisotopic (exact) mass is 364 g/mol. The van der Waals surface area contributed by atoms with Crippen molar-refractivity contribution >= 4 is 16.8 Å². The maximum atomic E-state index is 12.8. The van der Waals surface area contributed by atoms with Gasteiger partial charge in [0.05, 0.1) is 18.3 Å². The van der Waals surface area contributed by atoms with Crippen LogP contribution in [0.2, 0.25) is 0 Å². The molecule has 0 unspecified atom stereocenters. The van der Waals surface area contributed by atoms with Crippen LogP contribution in [0.5, 0.6) is 5.75 Å². The molecule has 140 valence electrons. The summed E-state index contributed by atoms with van der Waals surface area (Å²) in [4.78, 5) is 19.3. The fourth-order valence-electron chi connectivity index (χ4n) is 3.66. The summed E-state index contributed by atoms with van der Waals surface area (Å²) in [5.74, 6) is 0.907. The minimum Gasteiger partial charge on any atom is -0.497 e. The van der Waals surface area contributed by atoms with Gasteiger partial charge < -0.3 is 19.9 Å². The molecule has 0 aliphatic carbocycles. The van der Waals surface area contributed by atoms with Crippen LogP contribution >= 0.6 is 0 Å². The Morgan fingerprint density at radius 3 is 2.85 bits per heavy atom. The lowest BCUT2D eigenvalue weighted by Crippen LogP contribution is -2.44. The van der Waals surface area contributed by atoms with Gasteiger partial charge in [0.15, 0.2) is 0 Å². The number of ether oxygens (including phenoxy) is 1. The van der Waals surface area contributed by atoms with Crippen molar-refractivity contribution in [2.75, 3.05) is 20.2 Å². The lowest BCUT2D eigenvalue weighted by atomic mass is 10.1. The highest BCUT2D eigenvalue weighted by Gasteiger charge is 2.21. The minimum absolute atomic E-state index is 0.125. The maximum Gasteiger partial charge on any atom is 0.242 e. The predicted molar refractivity (Wildman–Crippen MR) is 106 cm³/mol.